The van der Waals surface area contributed by atoms with Crippen LogP contribution in [0.5, 0.6) is 11.5 Å². The largest absolute Gasteiger partial charge is 0.453 e. The van der Waals surface area contributed by atoms with Gasteiger partial charge in [-0.1, -0.05) is 111 Å². The van der Waals surface area contributed by atoms with E-state index in [0.717, 1.165) is 23.6 Å². The highest BCUT2D eigenvalue weighted by atomic mass is 32.2. The molecule has 0 unspecified atom stereocenters. The van der Waals surface area contributed by atoms with Gasteiger partial charge in [0.05, 0.1) is 11.4 Å². The summed E-state index contributed by atoms with van der Waals surface area (Å²) in [5.74, 6) is 1.82. The number of anilines is 3. The lowest BCUT2D eigenvalue weighted by Crippen LogP contribution is -2.49. The van der Waals surface area contributed by atoms with E-state index in [9.17, 15) is 0 Å². The van der Waals surface area contributed by atoms with Crippen LogP contribution in [-0.4, -0.2) is 6.71 Å². The SMILES string of the molecule is CB1c2cccc3c2N(c2ccccc2O3)c2cc(C)cc(-c3cc4c(cc3Cc3ccccc3)Sc3ccccc3C4(C)C)c21. The fourth-order valence-electron chi connectivity index (χ4n) is 7.97. The molecule has 2 nitrogen and oxygen atoms in total. The Morgan fingerprint density at radius 1 is 0.696 bits per heavy atom. The highest BCUT2D eigenvalue weighted by molar-refractivity contribution is 7.99. The molecule has 0 amide bonds. The molecule has 3 aliphatic rings. The van der Waals surface area contributed by atoms with Gasteiger partial charge >= 0.3 is 0 Å². The van der Waals surface area contributed by atoms with Gasteiger partial charge in [0.1, 0.15) is 0 Å². The van der Waals surface area contributed by atoms with Crippen molar-refractivity contribution in [3.05, 3.63) is 149 Å². The summed E-state index contributed by atoms with van der Waals surface area (Å²) in [7, 11) is 0. The van der Waals surface area contributed by atoms with Crippen molar-refractivity contribution < 1.29 is 4.74 Å². The fourth-order valence-corrected chi connectivity index (χ4v) is 9.41. The summed E-state index contributed by atoms with van der Waals surface area (Å²) >= 11 is 1.92. The molecule has 9 rings (SSSR count). The Balaban J connectivity index is 1.32. The number of fused-ring (bicyclic) bond motifs is 6. The Kier molecular flexibility index (Phi) is 6.11. The zero-order chi connectivity index (χ0) is 31.2. The molecular weight excluding hydrogens is 577 g/mol. The summed E-state index contributed by atoms with van der Waals surface area (Å²) in [5, 5.41) is 0. The van der Waals surface area contributed by atoms with Crippen LogP contribution in [0.15, 0.2) is 131 Å². The molecule has 0 N–H and O–H groups in total. The average molecular weight is 612 g/mol. The molecule has 4 heteroatoms. The van der Waals surface area contributed by atoms with Gasteiger partial charge in [0.2, 0.25) is 6.71 Å². The quantitative estimate of drug-likeness (QED) is 0.185. The van der Waals surface area contributed by atoms with Gasteiger partial charge in [-0.15, -0.1) is 0 Å². The smallest absolute Gasteiger partial charge is 0.212 e. The van der Waals surface area contributed by atoms with Crippen molar-refractivity contribution in [2.45, 2.75) is 49.2 Å². The summed E-state index contributed by atoms with van der Waals surface area (Å²) in [5.41, 5.74) is 15.5. The lowest BCUT2D eigenvalue weighted by Gasteiger charge is -2.41. The van der Waals surface area contributed by atoms with Gasteiger partial charge in [-0.3, -0.25) is 0 Å². The number of aryl methyl sites for hydroxylation is 1. The lowest BCUT2D eigenvalue weighted by atomic mass is 9.39. The third-order valence-corrected chi connectivity index (χ3v) is 11.3. The standard InChI is InChI=1S/C42H34BNOS/c1-26-21-30(40-35(22-26)44-34-17-9-10-18-36(34)45-37-19-12-16-33(41(37)44)43(40)4)29-25-32-39(24-28(29)23-27-13-6-5-7-14-27)46-38-20-11-8-15-31(38)42(32,2)3/h5-22,24-25H,23H2,1-4H3. The molecule has 0 fully saturated rings. The molecule has 0 aliphatic carbocycles. The molecule has 222 valence electrons. The van der Waals surface area contributed by atoms with Crippen molar-refractivity contribution >= 4 is 46.5 Å². The van der Waals surface area contributed by atoms with Crippen LogP contribution in [0.25, 0.3) is 11.1 Å². The van der Waals surface area contributed by atoms with Gasteiger partial charge in [-0.25, -0.2) is 0 Å². The van der Waals surface area contributed by atoms with E-state index < -0.39 is 0 Å². The number of ether oxygens (including phenoxy) is 1. The second-order valence-electron chi connectivity index (χ2n) is 13.5. The Morgan fingerprint density at radius 2 is 1.46 bits per heavy atom. The van der Waals surface area contributed by atoms with Crippen molar-refractivity contribution in [1.29, 1.82) is 0 Å². The minimum Gasteiger partial charge on any atom is -0.453 e. The van der Waals surface area contributed by atoms with Crippen molar-refractivity contribution in [1.82, 2.24) is 0 Å². The van der Waals surface area contributed by atoms with Crippen LogP contribution in [0.2, 0.25) is 6.82 Å². The Hall–Kier alpha value is -4.67. The molecule has 0 bridgehead atoms. The molecule has 0 saturated carbocycles. The van der Waals surface area contributed by atoms with E-state index in [2.05, 4.69) is 154 Å². The van der Waals surface area contributed by atoms with Gasteiger partial charge in [-0.05, 0) is 106 Å². The van der Waals surface area contributed by atoms with E-state index in [1.54, 1.807) is 0 Å². The Labute approximate surface area is 276 Å². The molecular formula is C42H34BNOS. The van der Waals surface area contributed by atoms with E-state index in [0.29, 0.717) is 0 Å². The predicted molar refractivity (Wildman–Crippen MR) is 194 cm³/mol. The maximum absolute atomic E-state index is 6.49. The molecule has 3 heterocycles. The number of para-hydroxylation sites is 3. The summed E-state index contributed by atoms with van der Waals surface area (Å²) in [6.07, 6.45) is 0.879. The maximum atomic E-state index is 6.49. The van der Waals surface area contributed by atoms with E-state index in [1.807, 2.05) is 11.8 Å². The molecule has 0 aromatic heterocycles. The third kappa shape index (κ3) is 4.06. The van der Waals surface area contributed by atoms with E-state index in [-0.39, 0.29) is 12.1 Å². The van der Waals surface area contributed by atoms with Crippen molar-refractivity contribution in [2.75, 3.05) is 4.90 Å². The molecule has 6 aromatic rings. The monoisotopic (exact) mass is 611 g/mol. The predicted octanol–water partition coefficient (Wildman–Crippen LogP) is 10.2. The van der Waals surface area contributed by atoms with Crippen LogP contribution in [0.1, 0.15) is 41.7 Å². The first-order chi connectivity index (χ1) is 22.4. The van der Waals surface area contributed by atoms with E-state index in [1.165, 1.54) is 71.0 Å². The molecule has 46 heavy (non-hydrogen) atoms. The number of rotatable bonds is 3. The van der Waals surface area contributed by atoms with E-state index >= 15 is 0 Å². The normalized spacial score (nSPS) is 14.8. The van der Waals surface area contributed by atoms with Gasteiger partial charge in [0, 0.05) is 20.9 Å². The fraction of sp³-hybridized carbons (Fsp3) is 0.143. The van der Waals surface area contributed by atoms with E-state index in [4.69, 9.17) is 4.74 Å². The topological polar surface area (TPSA) is 12.5 Å². The Morgan fingerprint density at radius 3 is 2.33 bits per heavy atom. The van der Waals surface area contributed by atoms with Crippen molar-refractivity contribution in [3.63, 3.8) is 0 Å². The highest BCUT2D eigenvalue weighted by Crippen LogP contribution is 2.53. The van der Waals surface area contributed by atoms with Crippen LogP contribution in [0, 0.1) is 6.92 Å². The van der Waals surface area contributed by atoms with Crippen molar-refractivity contribution in [2.24, 2.45) is 0 Å². The second-order valence-corrected chi connectivity index (χ2v) is 14.5. The molecule has 0 spiro atoms. The molecule has 0 saturated heterocycles. The molecule has 0 radical (unpaired) electrons. The van der Waals surface area contributed by atoms with Gasteiger partial charge < -0.3 is 9.64 Å². The van der Waals surface area contributed by atoms with Crippen LogP contribution < -0.4 is 20.6 Å². The lowest BCUT2D eigenvalue weighted by molar-refractivity contribution is 0.477. The third-order valence-electron chi connectivity index (χ3n) is 10.2. The summed E-state index contributed by atoms with van der Waals surface area (Å²) in [4.78, 5) is 5.18. The van der Waals surface area contributed by atoms with Crippen LogP contribution in [-0.2, 0) is 11.8 Å². The Bertz CT molecular complexity index is 2200. The number of benzene rings is 6. The van der Waals surface area contributed by atoms with Gasteiger partial charge in [0.25, 0.3) is 0 Å². The second kappa shape index (κ2) is 10.2. The zero-order valence-corrected chi connectivity index (χ0v) is 27.4. The highest BCUT2D eigenvalue weighted by Gasteiger charge is 2.40. The number of hydrogen-bond donors (Lipinski definition) is 0. The zero-order valence-electron chi connectivity index (χ0n) is 26.6. The van der Waals surface area contributed by atoms with Crippen LogP contribution in [0.4, 0.5) is 17.1 Å². The summed E-state index contributed by atoms with van der Waals surface area (Å²) < 4.78 is 6.49. The first kappa shape index (κ1) is 27.6. The van der Waals surface area contributed by atoms with Gasteiger partial charge in [-0.2, -0.15) is 0 Å². The first-order valence-corrected chi connectivity index (χ1v) is 17.0. The minimum absolute atomic E-state index is 0.114. The molecule has 3 aliphatic heterocycles. The van der Waals surface area contributed by atoms with Crippen LogP contribution in [0.3, 0.4) is 0 Å². The summed E-state index contributed by atoms with van der Waals surface area (Å²) in [6.45, 7) is 9.59. The number of hydrogen-bond acceptors (Lipinski definition) is 3. The van der Waals surface area contributed by atoms with Gasteiger partial charge in [0.15, 0.2) is 11.5 Å². The first-order valence-electron chi connectivity index (χ1n) is 16.2. The van der Waals surface area contributed by atoms with Crippen molar-refractivity contribution in [3.8, 4) is 22.6 Å². The van der Waals surface area contributed by atoms with Crippen LogP contribution >= 0.6 is 11.8 Å². The minimum atomic E-state index is -0.114. The maximum Gasteiger partial charge on any atom is 0.212 e. The molecule has 0 atom stereocenters. The molecule has 6 aromatic carbocycles. The number of nitrogens with zero attached hydrogens (tertiary/aromatic N) is 1. The summed E-state index contributed by atoms with van der Waals surface area (Å²) in [6, 6.07) is 44.7. The average Bonchev–Trinajstić information content (AvgIpc) is 3.06.